The number of carbonyl (C=O) groups excluding carboxylic acids is 2. The van der Waals surface area contributed by atoms with Crippen molar-refractivity contribution in [2.45, 2.75) is 51.6 Å². The van der Waals surface area contributed by atoms with Crippen LogP contribution in [0.15, 0.2) is 30.3 Å². The van der Waals surface area contributed by atoms with Crippen LogP contribution in [-0.2, 0) is 28.8 Å². The molecule has 36 heavy (non-hydrogen) atoms. The fourth-order valence-electron chi connectivity index (χ4n) is 4.88. The molecule has 0 aromatic heterocycles. The molecule has 8 nitrogen and oxygen atoms in total. The Kier molecular flexibility index (Phi) is 8.23. The summed E-state index contributed by atoms with van der Waals surface area (Å²) in [6.07, 6.45) is 2.22. The SMILES string of the molecule is COc1cc2c(cc1OC)CCN(C(=O)CCOC(=O)NCC1Cc3cc(OC(C)C)ccc31)CC2. The lowest BCUT2D eigenvalue weighted by Crippen LogP contribution is -2.36. The van der Waals surface area contributed by atoms with E-state index < -0.39 is 6.09 Å². The zero-order valence-electron chi connectivity index (χ0n) is 21.6. The minimum absolute atomic E-state index is 0.0122. The van der Waals surface area contributed by atoms with Gasteiger partial charge < -0.3 is 29.2 Å². The van der Waals surface area contributed by atoms with Gasteiger partial charge in [-0.05, 0) is 79.6 Å². The predicted molar refractivity (Wildman–Crippen MR) is 136 cm³/mol. The Morgan fingerprint density at radius 3 is 2.25 bits per heavy atom. The van der Waals surface area contributed by atoms with Crippen LogP contribution in [0.3, 0.4) is 0 Å². The lowest BCUT2D eigenvalue weighted by Gasteiger charge is -2.30. The number of fused-ring (bicyclic) bond motifs is 2. The van der Waals surface area contributed by atoms with Crippen LogP contribution < -0.4 is 19.5 Å². The smallest absolute Gasteiger partial charge is 0.407 e. The van der Waals surface area contributed by atoms with Crippen molar-refractivity contribution in [3.8, 4) is 17.2 Å². The van der Waals surface area contributed by atoms with Crippen molar-refractivity contribution in [2.75, 3.05) is 40.5 Å². The van der Waals surface area contributed by atoms with Crippen molar-refractivity contribution in [1.82, 2.24) is 10.2 Å². The maximum absolute atomic E-state index is 12.7. The summed E-state index contributed by atoms with van der Waals surface area (Å²) >= 11 is 0. The molecule has 0 fully saturated rings. The van der Waals surface area contributed by atoms with Crippen LogP contribution in [-0.4, -0.2) is 63.5 Å². The van der Waals surface area contributed by atoms with Gasteiger partial charge in [0.15, 0.2) is 11.5 Å². The van der Waals surface area contributed by atoms with Gasteiger partial charge in [-0.15, -0.1) is 0 Å². The number of benzene rings is 2. The summed E-state index contributed by atoms with van der Waals surface area (Å²) in [5.74, 6) is 2.54. The normalized spacial score (nSPS) is 16.2. The molecule has 4 rings (SSSR count). The zero-order chi connectivity index (χ0) is 25.7. The van der Waals surface area contributed by atoms with E-state index in [-0.39, 0.29) is 31.0 Å². The molecule has 0 radical (unpaired) electrons. The summed E-state index contributed by atoms with van der Waals surface area (Å²) in [4.78, 5) is 26.7. The highest BCUT2D eigenvalue weighted by atomic mass is 16.5. The van der Waals surface area contributed by atoms with Gasteiger partial charge in [0, 0.05) is 25.6 Å². The summed E-state index contributed by atoms with van der Waals surface area (Å²) in [5, 5.41) is 2.83. The second kappa shape index (κ2) is 11.5. The van der Waals surface area contributed by atoms with Crippen LogP contribution in [0.4, 0.5) is 4.79 Å². The lowest BCUT2D eigenvalue weighted by atomic mass is 9.77. The van der Waals surface area contributed by atoms with Gasteiger partial charge in [-0.3, -0.25) is 4.79 Å². The number of nitrogens with one attached hydrogen (secondary N) is 1. The maximum atomic E-state index is 12.7. The Bertz CT molecular complexity index is 1060. The van der Waals surface area contributed by atoms with E-state index >= 15 is 0 Å². The molecule has 8 heteroatoms. The Morgan fingerprint density at radius 1 is 1.00 bits per heavy atom. The second-order valence-corrected chi connectivity index (χ2v) is 9.55. The molecular weight excluding hydrogens is 460 g/mol. The fraction of sp³-hybridized carbons (Fsp3) is 0.500. The molecule has 1 unspecified atom stereocenters. The highest BCUT2D eigenvalue weighted by molar-refractivity contribution is 5.77. The van der Waals surface area contributed by atoms with Crippen LogP contribution in [0.5, 0.6) is 17.2 Å². The van der Waals surface area contributed by atoms with Crippen LogP contribution >= 0.6 is 0 Å². The third-order valence-corrected chi connectivity index (χ3v) is 6.79. The van der Waals surface area contributed by atoms with Crippen molar-refractivity contribution in [3.63, 3.8) is 0 Å². The van der Waals surface area contributed by atoms with Crippen molar-refractivity contribution >= 4 is 12.0 Å². The van der Waals surface area contributed by atoms with E-state index in [0.717, 1.165) is 25.0 Å². The molecule has 2 amide bonds. The molecule has 1 aliphatic heterocycles. The number of hydrogen-bond donors (Lipinski definition) is 1. The Balaban J connectivity index is 1.17. The lowest BCUT2D eigenvalue weighted by molar-refractivity contribution is -0.131. The molecule has 194 valence electrons. The second-order valence-electron chi connectivity index (χ2n) is 9.55. The number of methoxy groups -OCH3 is 2. The largest absolute Gasteiger partial charge is 0.493 e. The van der Waals surface area contributed by atoms with Gasteiger partial charge in [-0.2, -0.15) is 0 Å². The third kappa shape index (κ3) is 6.04. The van der Waals surface area contributed by atoms with Gasteiger partial charge in [-0.1, -0.05) is 6.07 Å². The first-order chi connectivity index (χ1) is 17.4. The molecule has 1 heterocycles. The van der Waals surface area contributed by atoms with E-state index in [4.69, 9.17) is 18.9 Å². The molecule has 2 aromatic carbocycles. The van der Waals surface area contributed by atoms with E-state index in [1.54, 1.807) is 14.2 Å². The number of nitrogens with zero attached hydrogens (tertiary/aromatic N) is 1. The Labute approximate surface area is 212 Å². The van der Waals surface area contributed by atoms with Crippen LogP contribution in [0, 0.1) is 0 Å². The molecule has 0 saturated heterocycles. The first kappa shape index (κ1) is 25.7. The molecule has 0 saturated carbocycles. The Hall–Kier alpha value is -3.42. The van der Waals surface area contributed by atoms with E-state index in [9.17, 15) is 9.59 Å². The minimum atomic E-state index is -0.488. The van der Waals surface area contributed by atoms with Gasteiger partial charge in [0.2, 0.25) is 5.91 Å². The fourth-order valence-corrected chi connectivity index (χ4v) is 4.88. The highest BCUT2D eigenvalue weighted by Gasteiger charge is 2.27. The van der Waals surface area contributed by atoms with Gasteiger partial charge in [0.25, 0.3) is 0 Å². The zero-order valence-corrected chi connectivity index (χ0v) is 21.6. The number of amides is 2. The van der Waals surface area contributed by atoms with Crippen molar-refractivity contribution in [3.05, 3.63) is 52.6 Å². The molecule has 1 atom stereocenters. The standard InChI is InChI=1S/C28H36N2O6/c1-18(2)36-23-5-6-24-21(14-23)13-22(24)17-29-28(32)35-12-9-27(31)30-10-7-19-15-25(33-3)26(34-4)16-20(19)8-11-30/h5-6,14-16,18,22H,7-13,17H2,1-4H3,(H,29,32). The minimum Gasteiger partial charge on any atom is -0.493 e. The summed E-state index contributed by atoms with van der Waals surface area (Å²) in [6, 6.07) is 10.1. The van der Waals surface area contributed by atoms with Gasteiger partial charge in [-0.25, -0.2) is 4.79 Å². The van der Waals surface area contributed by atoms with Crippen LogP contribution in [0.1, 0.15) is 48.4 Å². The Morgan fingerprint density at radius 2 is 1.67 bits per heavy atom. The van der Waals surface area contributed by atoms with E-state index in [1.807, 2.05) is 36.9 Å². The third-order valence-electron chi connectivity index (χ3n) is 6.79. The number of ether oxygens (including phenoxy) is 4. The molecule has 2 aliphatic rings. The van der Waals surface area contributed by atoms with Crippen molar-refractivity contribution in [1.29, 1.82) is 0 Å². The van der Waals surface area contributed by atoms with Crippen molar-refractivity contribution < 1.29 is 28.5 Å². The number of rotatable bonds is 9. The summed E-state index contributed by atoms with van der Waals surface area (Å²) in [5.41, 5.74) is 4.83. The topological polar surface area (TPSA) is 86.3 Å². The van der Waals surface area contributed by atoms with Gasteiger partial charge >= 0.3 is 6.09 Å². The predicted octanol–water partition coefficient (Wildman–Crippen LogP) is 3.87. The number of carbonyl (C=O) groups is 2. The number of hydrogen-bond acceptors (Lipinski definition) is 6. The first-order valence-electron chi connectivity index (χ1n) is 12.6. The molecule has 1 aliphatic carbocycles. The monoisotopic (exact) mass is 496 g/mol. The summed E-state index contributed by atoms with van der Waals surface area (Å²) in [6.45, 7) is 5.84. The molecule has 0 bridgehead atoms. The first-order valence-corrected chi connectivity index (χ1v) is 12.6. The molecule has 0 spiro atoms. The van der Waals surface area contributed by atoms with Crippen LogP contribution in [0.2, 0.25) is 0 Å². The molecule has 2 aromatic rings. The quantitative estimate of drug-likeness (QED) is 0.567. The summed E-state index contributed by atoms with van der Waals surface area (Å²) in [7, 11) is 3.24. The van der Waals surface area contributed by atoms with Crippen molar-refractivity contribution in [2.24, 2.45) is 0 Å². The van der Waals surface area contributed by atoms with Gasteiger partial charge in [0.05, 0.1) is 26.7 Å². The highest BCUT2D eigenvalue weighted by Crippen LogP contribution is 2.37. The van der Waals surface area contributed by atoms with E-state index in [0.29, 0.717) is 31.1 Å². The van der Waals surface area contributed by atoms with Crippen LogP contribution in [0.25, 0.3) is 0 Å². The summed E-state index contributed by atoms with van der Waals surface area (Å²) < 4.78 is 21.8. The number of alkyl carbamates (subject to hydrolysis) is 1. The van der Waals surface area contributed by atoms with Gasteiger partial charge in [0.1, 0.15) is 12.4 Å². The average Bonchev–Trinajstić information content (AvgIpc) is 3.05. The molecular formula is C28H36N2O6. The molecule has 1 N–H and O–H groups in total. The van der Waals surface area contributed by atoms with E-state index in [1.165, 1.54) is 22.3 Å². The van der Waals surface area contributed by atoms with E-state index in [2.05, 4.69) is 17.4 Å². The average molecular weight is 497 g/mol. The maximum Gasteiger partial charge on any atom is 0.407 e.